The van der Waals surface area contributed by atoms with Crippen molar-refractivity contribution < 1.29 is 0 Å². The molecule has 23 heavy (non-hydrogen) atoms. The molecule has 5 heteroatoms. The number of benzene rings is 2. The number of nitrogens with one attached hydrogen (secondary N) is 1. The highest BCUT2D eigenvalue weighted by Gasteiger charge is 2.04. The third-order valence-electron chi connectivity index (χ3n) is 3.44. The molecule has 3 rings (SSSR count). The molecule has 2 nitrogen and oxygen atoms in total. The van der Waals surface area contributed by atoms with Crippen LogP contribution in [0.25, 0.3) is 10.4 Å². The van der Waals surface area contributed by atoms with Gasteiger partial charge in [0.05, 0.1) is 4.88 Å². The van der Waals surface area contributed by atoms with E-state index in [-0.39, 0.29) is 0 Å². The summed E-state index contributed by atoms with van der Waals surface area (Å²) in [6.07, 6.45) is 2.87. The molecule has 0 bridgehead atoms. The third kappa shape index (κ3) is 4.79. The number of halogens is 2. The molecule has 0 radical (unpaired) electrons. The van der Waals surface area contributed by atoms with E-state index in [1.165, 1.54) is 5.56 Å². The largest absolute Gasteiger partial charge is 0.310 e. The molecule has 1 aromatic heterocycles. The van der Waals surface area contributed by atoms with E-state index >= 15 is 0 Å². The lowest BCUT2D eigenvalue weighted by atomic mass is 10.1. The maximum absolute atomic E-state index is 5.99. The zero-order valence-corrected chi connectivity index (χ0v) is 14.8. The zero-order chi connectivity index (χ0) is 16.1. The molecule has 2 aromatic carbocycles. The second kappa shape index (κ2) is 7.93. The molecule has 0 fully saturated rings. The summed E-state index contributed by atoms with van der Waals surface area (Å²) in [6, 6.07) is 15.8. The Hall–Kier alpha value is -1.39. The van der Waals surface area contributed by atoms with Crippen molar-refractivity contribution in [2.75, 3.05) is 6.54 Å². The lowest BCUT2D eigenvalue weighted by Crippen LogP contribution is -2.16. The van der Waals surface area contributed by atoms with E-state index in [1.54, 1.807) is 11.3 Å². The van der Waals surface area contributed by atoms with Crippen molar-refractivity contribution in [3.05, 3.63) is 75.3 Å². The van der Waals surface area contributed by atoms with Crippen molar-refractivity contribution in [2.24, 2.45) is 0 Å². The number of nitrogens with zero attached hydrogens (tertiary/aromatic N) is 1. The molecule has 0 saturated heterocycles. The van der Waals surface area contributed by atoms with Crippen LogP contribution in [0.3, 0.4) is 0 Å². The first-order valence-corrected chi connectivity index (χ1v) is 8.94. The van der Waals surface area contributed by atoms with E-state index in [0.717, 1.165) is 45.0 Å². The SMILES string of the molecule is Clc1ccc(-c2cnc(CNCCc3cccc(Cl)c3)s2)cc1. The summed E-state index contributed by atoms with van der Waals surface area (Å²) in [5, 5.41) is 6.05. The molecule has 0 atom stereocenters. The zero-order valence-electron chi connectivity index (χ0n) is 12.4. The van der Waals surface area contributed by atoms with Gasteiger partial charge < -0.3 is 5.32 Å². The highest BCUT2D eigenvalue weighted by molar-refractivity contribution is 7.15. The molecule has 0 amide bonds. The Kier molecular flexibility index (Phi) is 5.68. The first-order chi connectivity index (χ1) is 11.2. The Morgan fingerprint density at radius 3 is 2.61 bits per heavy atom. The maximum Gasteiger partial charge on any atom is 0.107 e. The van der Waals surface area contributed by atoms with E-state index in [4.69, 9.17) is 23.2 Å². The maximum atomic E-state index is 5.99. The Morgan fingerprint density at radius 1 is 1.00 bits per heavy atom. The normalized spacial score (nSPS) is 10.9. The van der Waals surface area contributed by atoms with Crippen LogP contribution in [0.1, 0.15) is 10.6 Å². The molecule has 3 aromatic rings. The molecular formula is C18H16Cl2N2S. The molecule has 0 saturated carbocycles. The van der Waals surface area contributed by atoms with Gasteiger partial charge in [-0.2, -0.15) is 0 Å². The monoisotopic (exact) mass is 362 g/mol. The second-order valence-corrected chi connectivity index (χ2v) is 7.17. The number of rotatable bonds is 6. The van der Waals surface area contributed by atoms with Gasteiger partial charge in [0, 0.05) is 22.8 Å². The second-order valence-electron chi connectivity index (χ2n) is 5.18. The van der Waals surface area contributed by atoms with E-state index in [9.17, 15) is 0 Å². The summed E-state index contributed by atoms with van der Waals surface area (Å²) >= 11 is 13.6. The summed E-state index contributed by atoms with van der Waals surface area (Å²) in [7, 11) is 0. The van der Waals surface area contributed by atoms with Crippen LogP contribution in [0, 0.1) is 0 Å². The van der Waals surface area contributed by atoms with Crippen LogP contribution in [0.4, 0.5) is 0 Å². The summed E-state index contributed by atoms with van der Waals surface area (Å²) in [5.41, 5.74) is 2.39. The smallest absolute Gasteiger partial charge is 0.107 e. The fourth-order valence-electron chi connectivity index (χ4n) is 2.26. The Balaban J connectivity index is 1.50. The average Bonchev–Trinajstić information content (AvgIpc) is 3.01. The Labute approximate surface area is 150 Å². The van der Waals surface area contributed by atoms with E-state index in [2.05, 4.69) is 16.4 Å². The van der Waals surface area contributed by atoms with Gasteiger partial charge in [0.25, 0.3) is 0 Å². The first-order valence-electron chi connectivity index (χ1n) is 7.36. The summed E-state index contributed by atoms with van der Waals surface area (Å²) in [5.74, 6) is 0. The minimum Gasteiger partial charge on any atom is -0.310 e. The van der Waals surface area contributed by atoms with Gasteiger partial charge >= 0.3 is 0 Å². The van der Waals surface area contributed by atoms with Crippen LogP contribution in [0.15, 0.2) is 54.7 Å². The van der Waals surface area contributed by atoms with Crippen molar-refractivity contribution in [1.82, 2.24) is 10.3 Å². The van der Waals surface area contributed by atoms with Crippen LogP contribution in [-0.4, -0.2) is 11.5 Å². The molecular weight excluding hydrogens is 347 g/mol. The summed E-state index contributed by atoms with van der Waals surface area (Å²) in [4.78, 5) is 5.64. The molecule has 118 valence electrons. The van der Waals surface area contributed by atoms with Crippen LogP contribution in [0.5, 0.6) is 0 Å². The minimum absolute atomic E-state index is 0.751. The first kappa shape index (κ1) is 16.5. The van der Waals surface area contributed by atoms with Gasteiger partial charge in [0.1, 0.15) is 5.01 Å². The third-order valence-corrected chi connectivity index (χ3v) is 4.97. The molecule has 1 N–H and O–H groups in total. The van der Waals surface area contributed by atoms with Gasteiger partial charge in [-0.05, 0) is 48.4 Å². The highest BCUT2D eigenvalue weighted by Crippen LogP contribution is 2.27. The van der Waals surface area contributed by atoms with Crippen molar-refractivity contribution >= 4 is 34.5 Å². The quantitative estimate of drug-likeness (QED) is 0.589. The summed E-state index contributed by atoms with van der Waals surface area (Å²) in [6.45, 7) is 1.68. The Bertz CT molecular complexity index is 769. The number of hydrogen-bond donors (Lipinski definition) is 1. The van der Waals surface area contributed by atoms with Crippen molar-refractivity contribution in [2.45, 2.75) is 13.0 Å². The average molecular weight is 363 g/mol. The molecule has 0 aliphatic rings. The number of aromatic nitrogens is 1. The van der Waals surface area contributed by atoms with Crippen LogP contribution < -0.4 is 5.32 Å². The minimum atomic E-state index is 0.751. The molecule has 0 unspecified atom stereocenters. The van der Waals surface area contributed by atoms with Crippen LogP contribution in [-0.2, 0) is 13.0 Å². The predicted octanol–water partition coefficient (Wildman–Crippen LogP) is 5.45. The highest BCUT2D eigenvalue weighted by atomic mass is 35.5. The summed E-state index contributed by atoms with van der Waals surface area (Å²) < 4.78 is 0. The molecule has 0 aliphatic heterocycles. The van der Waals surface area contributed by atoms with Gasteiger partial charge in [-0.1, -0.05) is 47.5 Å². The molecule has 0 aliphatic carbocycles. The van der Waals surface area contributed by atoms with E-state index in [0.29, 0.717) is 0 Å². The lowest BCUT2D eigenvalue weighted by molar-refractivity contribution is 0.684. The molecule has 1 heterocycles. The van der Waals surface area contributed by atoms with Crippen molar-refractivity contribution in [3.8, 4) is 10.4 Å². The lowest BCUT2D eigenvalue weighted by Gasteiger charge is -2.03. The van der Waals surface area contributed by atoms with Crippen LogP contribution in [0.2, 0.25) is 10.0 Å². The molecule has 0 spiro atoms. The standard InChI is InChI=1S/C18H16Cl2N2S/c19-15-6-4-14(5-7-15)17-11-22-18(23-17)12-21-9-8-13-2-1-3-16(20)10-13/h1-7,10-11,21H,8-9,12H2. The Morgan fingerprint density at radius 2 is 1.83 bits per heavy atom. The van der Waals surface area contributed by atoms with Crippen molar-refractivity contribution in [1.29, 1.82) is 0 Å². The van der Waals surface area contributed by atoms with Gasteiger partial charge in [-0.25, -0.2) is 4.98 Å². The van der Waals surface area contributed by atoms with Crippen molar-refractivity contribution in [3.63, 3.8) is 0 Å². The topological polar surface area (TPSA) is 24.9 Å². The predicted molar refractivity (Wildman–Crippen MR) is 99.4 cm³/mol. The van der Waals surface area contributed by atoms with Gasteiger partial charge in [-0.3, -0.25) is 0 Å². The van der Waals surface area contributed by atoms with E-state index < -0.39 is 0 Å². The fraction of sp³-hybridized carbons (Fsp3) is 0.167. The van der Waals surface area contributed by atoms with Crippen LogP contribution >= 0.6 is 34.5 Å². The van der Waals surface area contributed by atoms with E-state index in [1.807, 2.05) is 48.7 Å². The van der Waals surface area contributed by atoms with Gasteiger partial charge in [0.15, 0.2) is 0 Å². The number of hydrogen-bond acceptors (Lipinski definition) is 3. The number of thiazole rings is 1. The van der Waals surface area contributed by atoms with Gasteiger partial charge in [0.2, 0.25) is 0 Å². The van der Waals surface area contributed by atoms with Gasteiger partial charge in [-0.15, -0.1) is 11.3 Å². The fourth-order valence-corrected chi connectivity index (χ4v) is 3.49.